The molecule has 2 unspecified atom stereocenters. The molecule has 0 radical (unpaired) electrons. The maximum absolute atomic E-state index is 11.9. The molecule has 4 aliphatic rings. The van der Waals surface area contributed by atoms with Crippen LogP contribution in [0.5, 0.6) is 5.75 Å². The molecular weight excluding hydrogens is 530 g/mol. The highest BCUT2D eigenvalue weighted by atomic mass is 35.5. The van der Waals surface area contributed by atoms with Gasteiger partial charge in [-0.1, -0.05) is 17.7 Å². The topological polar surface area (TPSA) is 88.5 Å². The largest absolute Gasteiger partial charge is 0.490 e. The Labute approximate surface area is 241 Å². The Morgan fingerprint density at radius 3 is 2.88 bits per heavy atom. The Morgan fingerprint density at radius 1 is 1.23 bits per heavy atom. The lowest BCUT2D eigenvalue weighted by molar-refractivity contribution is -0.124. The van der Waals surface area contributed by atoms with Gasteiger partial charge in [-0.3, -0.25) is 0 Å². The van der Waals surface area contributed by atoms with E-state index < -0.39 is 12.1 Å². The van der Waals surface area contributed by atoms with E-state index in [1.54, 1.807) is 19.1 Å². The van der Waals surface area contributed by atoms with Crippen LogP contribution in [-0.2, 0) is 21.3 Å². The number of carboxylic acids is 1. The minimum absolute atomic E-state index is 0.119. The van der Waals surface area contributed by atoms with Crippen molar-refractivity contribution in [1.82, 2.24) is 0 Å². The van der Waals surface area contributed by atoms with Crippen molar-refractivity contribution in [2.75, 3.05) is 37.8 Å². The Kier molecular flexibility index (Phi) is 8.01. The summed E-state index contributed by atoms with van der Waals surface area (Å²) in [4.78, 5) is 14.3. The average molecular weight is 570 g/mol. The van der Waals surface area contributed by atoms with Crippen LogP contribution in [0.1, 0.15) is 66.9 Å². The van der Waals surface area contributed by atoms with E-state index in [1.165, 1.54) is 11.1 Å². The average Bonchev–Trinajstić information content (AvgIpc) is 3.07. The molecule has 6 rings (SSSR count). The standard InChI is InChI=1S/C32H40ClNO6/c1-20(35)17-39-25-10-12-38-30(15-25)26-7-4-23(26)16-34-18-32(11-2-3-21-13-24(33)6-8-27(21)32)19-40-29-9-5-22(31(36)37)14-28(29)34/h5-6,8-9,13-14,20,23,25-26,30,35H,2-4,7,10-12,15-19H2,1H3,(H,36,37)/t20?,23-,25+,26+,30-,32?/m0/s1. The van der Waals surface area contributed by atoms with Gasteiger partial charge in [-0.05, 0) is 98.7 Å². The first kappa shape index (κ1) is 27.8. The Morgan fingerprint density at radius 2 is 2.10 bits per heavy atom. The smallest absolute Gasteiger partial charge is 0.335 e. The van der Waals surface area contributed by atoms with Gasteiger partial charge >= 0.3 is 5.97 Å². The summed E-state index contributed by atoms with van der Waals surface area (Å²) < 4.78 is 18.7. The van der Waals surface area contributed by atoms with Gasteiger partial charge in [0.15, 0.2) is 0 Å². The first-order chi connectivity index (χ1) is 19.3. The van der Waals surface area contributed by atoms with Crippen LogP contribution in [0.4, 0.5) is 5.69 Å². The molecule has 1 saturated heterocycles. The fourth-order valence-corrected chi connectivity index (χ4v) is 7.56. The number of carbonyl (C=O) groups is 1. The first-order valence-corrected chi connectivity index (χ1v) is 15.1. The number of benzene rings is 2. The van der Waals surface area contributed by atoms with Crippen LogP contribution >= 0.6 is 11.6 Å². The van der Waals surface area contributed by atoms with Gasteiger partial charge in [0.2, 0.25) is 0 Å². The third kappa shape index (κ3) is 5.58. The first-order valence-electron chi connectivity index (χ1n) is 14.8. The normalized spacial score (nSPS) is 30.4. The van der Waals surface area contributed by atoms with E-state index >= 15 is 0 Å². The van der Waals surface area contributed by atoms with Gasteiger partial charge in [-0.25, -0.2) is 4.79 Å². The number of rotatable bonds is 7. The van der Waals surface area contributed by atoms with Crippen LogP contribution in [0.25, 0.3) is 0 Å². The molecule has 216 valence electrons. The highest BCUT2D eigenvalue weighted by molar-refractivity contribution is 6.30. The maximum atomic E-state index is 11.9. The Hall–Kier alpha value is -2.32. The van der Waals surface area contributed by atoms with Gasteiger partial charge in [0.1, 0.15) is 5.75 Å². The lowest BCUT2D eigenvalue weighted by atomic mass is 9.67. The molecule has 6 atom stereocenters. The highest BCUT2D eigenvalue weighted by Crippen LogP contribution is 2.47. The highest BCUT2D eigenvalue weighted by Gasteiger charge is 2.45. The molecule has 0 amide bonds. The quantitative estimate of drug-likeness (QED) is 0.456. The van der Waals surface area contributed by atoms with E-state index in [0.29, 0.717) is 31.7 Å². The molecule has 2 N–H and O–H groups in total. The van der Waals surface area contributed by atoms with Crippen LogP contribution in [-0.4, -0.2) is 67.4 Å². The number of aryl methyl sites for hydroxylation is 1. The number of hydrogen-bond donors (Lipinski definition) is 2. The number of halogens is 1. The molecule has 2 heterocycles. The van der Waals surface area contributed by atoms with E-state index in [-0.39, 0.29) is 23.2 Å². The SMILES string of the molecule is CC(O)CO[C@@H]1CCO[C@H]([C@@H]2CC[C@H]2CN2CC3(CCCc4cc(Cl)ccc43)COc3ccc(C(=O)O)cc32)C1. The van der Waals surface area contributed by atoms with E-state index in [1.807, 2.05) is 12.1 Å². The van der Waals surface area contributed by atoms with Crippen molar-refractivity contribution in [2.24, 2.45) is 11.8 Å². The molecule has 2 aliphatic heterocycles. The second-order valence-electron chi connectivity index (χ2n) is 12.3. The Balaban J connectivity index is 1.27. The summed E-state index contributed by atoms with van der Waals surface area (Å²) in [7, 11) is 0. The zero-order valence-corrected chi connectivity index (χ0v) is 23.9. The lowest BCUT2D eigenvalue weighted by Gasteiger charge is -2.47. The van der Waals surface area contributed by atoms with Crippen LogP contribution in [0.2, 0.25) is 5.02 Å². The van der Waals surface area contributed by atoms with Gasteiger partial charge in [0.25, 0.3) is 0 Å². The third-order valence-electron chi connectivity index (χ3n) is 9.53. The van der Waals surface area contributed by atoms with E-state index in [2.05, 4.69) is 17.0 Å². The van der Waals surface area contributed by atoms with Crippen molar-refractivity contribution < 1.29 is 29.2 Å². The van der Waals surface area contributed by atoms with Crippen molar-refractivity contribution in [3.8, 4) is 5.75 Å². The molecule has 2 aromatic rings. The number of anilines is 1. The number of aliphatic hydroxyl groups excluding tert-OH is 1. The second kappa shape index (κ2) is 11.5. The van der Waals surface area contributed by atoms with Gasteiger partial charge < -0.3 is 29.3 Å². The fraction of sp³-hybridized carbons (Fsp3) is 0.594. The van der Waals surface area contributed by atoms with Crippen molar-refractivity contribution in [2.45, 2.75) is 75.6 Å². The zero-order chi connectivity index (χ0) is 27.9. The molecule has 2 fully saturated rings. The molecule has 2 aliphatic carbocycles. The summed E-state index contributed by atoms with van der Waals surface area (Å²) in [6.45, 7) is 4.95. The lowest BCUT2D eigenvalue weighted by Crippen LogP contribution is -2.51. The van der Waals surface area contributed by atoms with E-state index in [9.17, 15) is 15.0 Å². The molecule has 8 heteroatoms. The number of fused-ring (bicyclic) bond motifs is 3. The minimum atomic E-state index is -0.931. The third-order valence-corrected chi connectivity index (χ3v) is 9.77. The van der Waals surface area contributed by atoms with Crippen molar-refractivity contribution >= 4 is 23.3 Å². The predicted molar refractivity (Wildman–Crippen MR) is 154 cm³/mol. The van der Waals surface area contributed by atoms with Crippen LogP contribution in [0, 0.1) is 11.8 Å². The van der Waals surface area contributed by atoms with E-state index in [4.69, 9.17) is 25.8 Å². The second-order valence-corrected chi connectivity index (χ2v) is 12.8. The molecule has 2 aromatic carbocycles. The van der Waals surface area contributed by atoms with E-state index in [0.717, 1.165) is 74.5 Å². The summed E-state index contributed by atoms with van der Waals surface area (Å²) in [6.07, 6.45) is 6.85. The number of carboxylic acid groups (broad SMARTS) is 1. The fourth-order valence-electron chi connectivity index (χ4n) is 7.36. The number of hydrogen-bond acceptors (Lipinski definition) is 6. The summed E-state index contributed by atoms with van der Waals surface area (Å²) in [6, 6.07) is 11.5. The molecule has 1 saturated carbocycles. The minimum Gasteiger partial charge on any atom is -0.490 e. The van der Waals surface area contributed by atoms with Crippen LogP contribution < -0.4 is 9.64 Å². The molecule has 7 nitrogen and oxygen atoms in total. The summed E-state index contributed by atoms with van der Waals surface area (Å²) in [5.74, 6) is 0.686. The van der Waals surface area contributed by atoms with Gasteiger partial charge in [0.05, 0.1) is 42.8 Å². The van der Waals surface area contributed by atoms with Crippen LogP contribution in [0.3, 0.4) is 0 Å². The molecule has 0 bridgehead atoms. The van der Waals surface area contributed by atoms with Crippen LogP contribution in [0.15, 0.2) is 36.4 Å². The Bertz CT molecular complexity index is 1240. The summed E-state index contributed by atoms with van der Waals surface area (Å²) in [5.41, 5.74) is 3.54. The molecular formula is C32H40ClNO6. The van der Waals surface area contributed by atoms with Gasteiger partial charge in [0, 0.05) is 36.6 Å². The van der Waals surface area contributed by atoms with Gasteiger partial charge in [-0.15, -0.1) is 0 Å². The van der Waals surface area contributed by atoms with Crippen molar-refractivity contribution in [3.63, 3.8) is 0 Å². The number of ether oxygens (including phenoxy) is 3. The molecule has 1 spiro atoms. The van der Waals surface area contributed by atoms with Gasteiger partial charge in [-0.2, -0.15) is 0 Å². The maximum Gasteiger partial charge on any atom is 0.335 e. The summed E-state index contributed by atoms with van der Waals surface area (Å²) in [5, 5.41) is 20.2. The monoisotopic (exact) mass is 569 g/mol. The zero-order valence-electron chi connectivity index (χ0n) is 23.2. The predicted octanol–water partition coefficient (Wildman–Crippen LogP) is 5.48. The van der Waals surface area contributed by atoms with Crippen molar-refractivity contribution in [3.05, 3.63) is 58.1 Å². The number of nitrogens with zero attached hydrogens (tertiary/aromatic N) is 1. The summed E-state index contributed by atoms with van der Waals surface area (Å²) >= 11 is 6.38. The molecule has 0 aromatic heterocycles. The molecule has 40 heavy (non-hydrogen) atoms. The van der Waals surface area contributed by atoms with Crippen molar-refractivity contribution in [1.29, 1.82) is 0 Å². The number of aliphatic hydroxyl groups is 1. The number of aromatic carboxylic acids is 1.